The number of amides is 1. The molecule has 2 N–H and O–H groups in total. The monoisotopic (exact) mass is 370 g/mol. The van der Waals surface area contributed by atoms with Crippen LogP contribution in [0.5, 0.6) is 0 Å². The molecule has 1 amide bonds. The Morgan fingerprint density at radius 3 is 2.62 bits per heavy atom. The smallest absolute Gasteiger partial charge is 0.253 e. The second-order valence-electron chi connectivity index (χ2n) is 6.05. The number of nitrogens with one attached hydrogen (secondary N) is 2. The van der Waals surface area contributed by atoms with E-state index in [4.69, 9.17) is 16.1 Å². The summed E-state index contributed by atoms with van der Waals surface area (Å²) in [6, 6.07) is 14.6. The largest absolute Gasteiger partial charge is 0.375 e. The first-order valence-corrected chi connectivity index (χ1v) is 8.63. The van der Waals surface area contributed by atoms with Crippen LogP contribution in [0.2, 0.25) is 5.02 Å². The molecule has 0 radical (unpaired) electrons. The molecule has 0 aliphatic rings. The minimum absolute atomic E-state index is 0.0634. The summed E-state index contributed by atoms with van der Waals surface area (Å²) in [6.07, 6.45) is 0. The normalized spacial score (nSPS) is 10.8. The van der Waals surface area contributed by atoms with Gasteiger partial charge in [-0.25, -0.2) is 0 Å². The van der Waals surface area contributed by atoms with Crippen LogP contribution in [-0.2, 0) is 6.54 Å². The van der Waals surface area contributed by atoms with Crippen LogP contribution in [0.4, 0.5) is 5.69 Å². The molecule has 0 unspecified atom stereocenters. The third-order valence-corrected chi connectivity index (χ3v) is 3.84. The van der Waals surface area contributed by atoms with Crippen LogP contribution in [0.1, 0.15) is 30.1 Å². The number of para-hydroxylation sites is 1. The van der Waals surface area contributed by atoms with Gasteiger partial charge in [0.2, 0.25) is 11.7 Å². The molecule has 134 valence electrons. The van der Waals surface area contributed by atoms with Crippen LogP contribution in [0, 0.1) is 0 Å². The van der Waals surface area contributed by atoms with Gasteiger partial charge in [0.05, 0.1) is 12.1 Å². The lowest BCUT2D eigenvalue weighted by atomic mass is 10.1. The summed E-state index contributed by atoms with van der Waals surface area (Å²) in [6.45, 7) is 4.15. The quantitative estimate of drug-likeness (QED) is 0.681. The third kappa shape index (κ3) is 4.40. The Kier molecular flexibility index (Phi) is 5.53. The van der Waals surface area contributed by atoms with Crippen molar-refractivity contribution in [3.8, 4) is 11.4 Å². The Morgan fingerprint density at radius 1 is 1.15 bits per heavy atom. The van der Waals surface area contributed by atoms with E-state index in [1.807, 2.05) is 44.2 Å². The average molecular weight is 371 g/mol. The maximum atomic E-state index is 12.3. The molecule has 0 fully saturated rings. The Labute approximate surface area is 156 Å². The van der Waals surface area contributed by atoms with Gasteiger partial charge in [-0.3, -0.25) is 4.79 Å². The Bertz CT molecular complexity index is 891. The van der Waals surface area contributed by atoms with Crippen molar-refractivity contribution in [2.75, 3.05) is 5.32 Å². The second kappa shape index (κ2) is 8.01. The lowest BCUT2D eigenvalue weighted by molar-refractivity contribution is 0.0944. The molecule has 7 heteroatoms. The number of rotatable bonds is 6. The number of aromatic nitrogens is 2. The minimum Gasteiger partial charge on any atom is -0.375 e. The SMILES string of the molecule is CC(C)NC(=O)c1ccccc1NCc1nc(-c2ccc(Cl)cc2)no1. The van der Waals surface area contributed by atoms with Gasteiger partial charge < -0.3 is 15.2 Å². The zero-order chi connectivity index (χ0) is 18.5. The zero-order valence-electron chi connectivity index (χ0n) is 14.5. The fourth-order valence-electron chi connectivity index (χ4n) is 2.39. The van der Waals surface area contributed by atoms with Crippen LogP contribution in [0.15, 0.2) is 53.1 Å². The molecular formula is C19H19ClN4O2. The van der Waals surface area contributed by atoms with Crippen LogP contribution < -0.4 is 10.6 Å². The van der Waals surface area contributed by atoms with Crippen LogP contribution in [0.25, 0.3) is 11.4 Å². The van der Waals surface area contributed by atoms with E-state index in [2.05, 4.69) is 20.8 Å². The highest BCUT2D eigenvalue weighted by molar-refractivity contribution is 6.30. The highest BCUT2D eigenvalue weighted by atomic mass is 35.5. The standard InChI is InChI=1S/C19H19ClN4O2/c1-12(2)22-19(25)15-5-3-4-6-16(15)21-11-17-23-18(24-26-17)13-7-9-14(20)10-8-13/h3-10,12,21H,11H2,1-2H3,(H,22,25). The molecule has 3 aromatic rings. The molecule has 2 aromatic carbocycles. The summed E-state index contributed by atoms with van der Waals surface area (Å²) in [7, 11) is 0. The summed E-state index contributed by atoms with van der Waals surface area (Å²) in [5.41, 5.74) is 2.09. The number of anilines is 1. The van der Waals surface area contributed by atoms with E-state index in [0.29, 0.717) is 34.5 Å². The molecule has 0 bridgehead atoms. The molecule has 3 rings (SSSR count). The maximum absolute atomic E-state index is 12.3. The van der Waals surface area contributed by atoms with E-state index < -0.39 is 0 Å². The van der Waals surface area contributed by atoms with E-state index in [1.54, 1.807) is 18.2 Å². The van der Waals surface area contributed by atoms with Crippen molar-refractivity contribution in [1.82, 2.24) is 15.5 Å². The lowest BCUT2D eigenvalue weighted by Gasteiger charge is -2.12. The molecule has 26 heavy (non-hydrogen) atoms. The molecule has 0 atom stereocenters. The Morgan fingerprint density at radius 2 is 1.88 bits per heavy atom. The van der Waals surface area contributed by atoms with Gasteiger partial charge in [-0.05, 0) is 50.2 Å². The van der Waals surface area contributed by atoms with E-state index in [-0.39, 0.29) is 11.9 Å². The highest BCUT2D eigenvalue weighted by Crippen LogP contribution is 2.20. The lowest BCUT2D eigenvalue weighted by Crippen LogP contribution is -2.30. The van der Waals surface area contributed by atoms with Gasteiger partial charge in [0, 0.05) is 22.3 Å². The van der Waals surface area contributed by atoms with Gasteiger partial charge in [-0.15, -0.1) is 0 Å². The first kappa shape index (κ1) is 17.9. The van der Waals surface area contributed by atoms with Gasteiger partial charge >= 0.3 is 0 Å². The summed E-state index contributed by atoms with van der Waals surface area (Å²) >= 11 is 5.89. The average Bonchev–Trinajstić information content (AvgIpc) is 3.09. The van der Waals surface area contributed by atoms with E-state index in [0.717, 1.165) is 5.56 Å². The van der Waals surface area contributed by atoms with Gasteiger partial charge in [0.1, 0.15) is 0 Å². The van der Waals surface area contributed by atoms with Gasteiger partial charge in [0.25, 0.3) is 5.91 Å². The van der Waals surface area contributed by atoms with Gasteiger partial charge in [0.15, 0.2) is 0 Å². The Balaban J connectivity index is 1.70. The van der Waals surface area contributed by atoms with E-state index in [1.165, 1.54) is 0 Å². The van der Waals surface area contributed by atoms with Crippen molar-refractivity contribution < 1.29 is 9.32 Å². The number of carbonyl (C=O) groups excluding carboxylic acids is 1. The number of halogens is 1. The zero-order valence-corrected chi connectivity index (χ0v) is 15.2. The van der Waals surface area contributed by atoms with Crippen LogP contribution in [-0.4, -0.2) is 22.1 Å². The van der Waals surface area contributed by atoms with Crippen molar-refractivity contribution in [2.45, 2.75) is 26.4 Å². The van der Waals surface area contributed by atoms with E-state index >= 15 is 0 Å². The minimum atomic E-state index is -0.129. The molecule has 0 saturated heterocycles. The third-order valence-electron chi connectivity index (χ3n) is 3.59. The fraction of sp³-hybridized carbons (Fsp3) is 0.211. The number of benzene rings is 2. The van der Waals surface area contributed by atoms with Crippen molar-refractivity contribution in [1.29, 1.82) is 0 Å². The molecule has 0 aliphatic carbocycles. The molecule has 1 heterocycles. The first-order chi connectivity index (χ1) is 12.5. The molecule has 0 saturated carbocycles. The van der Waals surface area contributed by atoms with Crippen LogP contribution >= 0.6 is 11.6 Å². The van der Waals surface area contributed by atoms with Crippen LogP contribution in [0.3, 0.4) is 0 Å². The molecule has 1 aromatic heterocycles. The fourth-order valence-corrected chi connectivity index (χ4v) is 2.51. The maximum Gasteiger partial charge on any atom is 0.253 e. The first-order valence-electron chi connectivity index (χ1n) is 8.25. The van der Waals surface area contributed by atoms with Crippen molar-refractivity contribution >= 4 is 23.2 Å². The summed E-state index contributed by atoms with van der Waals surface area (Å²) in [5.74, 6) is 0.786. The van der Waals surface area contributed by atoms with Crippen molar-refractivity contribution in [2.24, 2.45) is 0 Å². The number of carbonyl (C=O) groups is 1. The van der Waals surface area contributed by atoms with E-state index in [9.17, 15) is 4.79 Å². The topological polar surface area (TPSA) is 80.0 Å². The predicted molar refractivity (Wildman–Crippen MR) is 101 cm³/mol. The highest BCUT2D eigenvalue weighted by Gasteiger charge is 2.13. The van der Waals surface area contributed by atoms with Crippen molar-refractivity contribution in [3.63, 3.8) is 0 Å². The number of hydrogen-bond donors (Lipinski definition) is 2. The Hall–Kier alpha value is -2.86. The van der Waals surface area contributed by atoms with Gasteiger partial charge in [-0.1, -0.05) is 28.9 Å². The molecular weight excluding hydrogens is 352 g/mol. The number of nitrogens with zero attached hydrogens (tertiary/aromatic N) is 2. The predicted octanol–water partition coefficient (Wildman–Crippen LogP) is 4.14. The summed E-state index contributed by atoms with van der Waals surface area (Å²) in [4.78, 5) is 16.7. The second-order valence-corrected chi connectivity index (χ2v) is 6.48. The summed E-state index contributed by atoms with van der Waals surface area (Å²) < 4.78 is 5.28. The molecule has 0 spiro atoms. The number of hydrogen-bond acceptors (Lipinski definition) is 5. The molecule has 6 nitrogen and oxygen atoms in total. The van der Waals surface area contributed by atoms with Crippen molar-refractivity contribution in [3.05, 3.63) is 65.0 Å². The molecule has 0 aliphatic heterocycles. The summed E-state index contributed by atoms with van der Waals surface area (Å²) in [5, 5.41) is 10.7. The van der Waals surface area contributed by atoms with Gasteiger partial charge in [-0.2, -0.15) is 4.98 Å².